The van der Waals surface area contributed by atoms with Gasteiger partial charge in [-0.3, -0.25) is 9.69 Å². The van der Waals surface area contributed by atoms with Crippen LogP contribution in [-0.4, -0.2) is 36.5 Å². The van der Waals surface area contributed by atoms with Crippen LogP contribution in [-0.2, 0) is 4.79 Å². The van der Waals surface area contributed by atoms with Gasteiger partial charge in [0.05, 0.1) is 6.07 Å². The Morgan fingerprint density at radius 3 is 2.83 bits per heavy atom. The molecule has 102 valence electrons. The molecular weight excluding hydrogens is 226 g/mol. The first-order valence-corrected chi connectivity index (χ1v) is 6.80. The number of nitrogens with one attached hydrogen (secondary N) is 1. The number of amides is 1. The molecule has 0 spiro atoms. The van der Waals surface area contributed by atoms with Crippen molar-refractivity contribution in [3.8, 4) is 6.07 Å². The van der Waals surface area contributed by atoms with Gasteiger partial charge in [0.1, 0.15) is 5.41 Å². The summed E-state index contributed by atoms with van der Waals surface area (Å²) in [6, 6.07) is 2.36. The maximum atomic E-state index is 11.8. The highest BCUT2D eigenvalue weighted by Crippen LogP contribution is 2.18. The number of piperidine rings is 1. The highest BCUT2D eigenvalue weighted by molar-refractivity contribution is 5.84. The third-order valence-electron chi connectivity index (χ3n) is 3.72. The minimum absolute atomic E-state index is 0.179. The van der Waals surface area contributed by atoms with E-state index in [0.717, 1.165) is 19.0 Å². The summed E-state index contributed by atoms with van der Waals surface area (Å²) in [5.41, 5.74) is -0.936. The number of nitriles is 1. The number of nitrogens with zero attached hydrogens (tertiary/aromatic N) is 2. The van der Waals surface area contributed by atoms with Crippen LogP contribution in [0.4, 0.5) is 0 Å². The molecule has 2 atom stereocenters. The maximum absolute atomic E-state index is 11.8. The van der Waals surface area contributed by atoms with Crippen LogP contribution in [0.3, 0.4) is 0 Å². The first-order chi connectivity index (χ1) is 8.36. The smallest absolute Gasteiger partial charge is 0.239 e. The van der Waals surface area contributed by atoms with E-state index >= 15 is 0 Å². The molecule has 2 unspecified atom stereocenters. The standard InChI is InChI=1S/C14H25N3O/c1-11-6-5-7-17(9-11)12(2)8-16-13(18)14(3,4)10-15/h11-12H,5-9H2,1-4H3,(H,16,18). The molecule has 1 fully saturated rings. The van der Waals surface area contributed by atoms with Crippen molar-refractivity contribution in [2.45, 2.75) is 46.6 Å². The summed E-state index contributed by atoms with van der Waals surface area (Å²) < 4.78 is 0. The van der Waals surface area contributed by atoms with Crippen molar-refractivity contribution in [3.63, 3.8) is 0 Å². The predicted octanol–water partition coefficient (Wildman–Crippen LogP) is 1.77. The molecule has 1 aliphatic rings. The predicted molar refractivity (Wildman–Crippen MR) is 71.8 cm³/mol. The molecule has 1 rings (SSSR count). The molecule has 4 heteroatoms. The fourth-order valence-corrected chi connectivity index (χ4v) is 2.27. The summed E-state index contributed by atoms with van der Waals surface area (Å²) in [5.74, 6) is 0.564. The first-order valence-electron chi connectivity index (χ1n) is 6.80. The molecule has 0 aromatic heterocycles. The highest BCUT2D eigenvalue weighted by Gasteiger charge is 2.28. The Bertz CT molecular complexity index is 332. The second-order valence-corrected chi connectivity index (χ2v) is 6.04. The summed E-state index contributed by atoms with van der Waals surface area (Å²) in [4.78, 5) is 14.2. The molecule has 1 amide bonds. The molecule has 0 radical (unpaired) electrons. The van der Waals surface area contributed by atoms with Crippen LogP contribution < -0.4 is 5.32 Å². The number of carbonyl (C=O) groups excluding carboxylic acids is 1. The van der Waals surface area contributed by atoms with Gasteiger partial charge in [0.25, 0.3) is 0 Å². The van der Waals surface area contributed by atoms with Gasteiger partial charge in [-0.15, -0.1) is 0 Å². The van der Waals surface area contributed by atoms with E-state index in [-0.39, 0.29) is 5.91 Å². The van der Waals surface area contributed by atoms with Gasteiger partial charge in [0, 0.05) is 19.1 Å². The van der Waals surface area contributed by atoms with Crippen molar-refractivity contribution in [2.24, 2.45) is 11.3 Å². The molecule has 18 heavy (non-hydrogen) atoms. The second-order valence-electron chi connectivity index (χ2n) is 6.04. The van der Waals surface area contributed by atoms with E-state index < -0.39 is 5.41 Å². The average Bonchev–Trinajstić information content (AvgIpc) is 2.35. The SMILES string of the molecule is CC1CCCN(C(C)CNC(=O)C(C)(C)C#N)C1. The molecule has 0 saturated carbocycles. The summed E-state index contributed by atoms with van der Waals surface area (Å²) in [7, 11) is 0. The minimum atomic E-state index is -0.936. The lowest BCUT2D eigenvalue weighted by Crippen LogP contribution is -2.48. The van der Waals surface area contributed by atoms with E-state index in [4.69, 9.17) is 5.26 Å². The molecule has 0 aliphatic carbocycles. The molecule has 0 bridgehead atoms. The molecule has 1 aliphatic heterocycles. The Labute approximate surface area is 110 Å². The number of rotatable bonds is 4. The van der Waals surface area contributed by atoms with Crippen LogP contribution in [0.5, 0.6) is 0 Å². The zero-order valence-electron chi connectivity index (χ0n) is 12.0. The Kier molecular flexibility index (Phi) is 5.15. The molecule has 0 aromatic carbocycles. The Balaban J connectivity index is 2.39. The lowest BCUT2D eigenvalue weighted by molar-refractivity contribution is -0.127. The van der Waals surface area contributed by atoms with Gasteiger partial charge >= 0.3 is 0 Å². The average molecular weight is 251 g/mol. The summed E-state index contributed by atoms with van der Waals surface area (Å²) in [6.45, 7) is 10.6. The Morgan fingerprint density at radius 2 is 2.28 bits per heavy atom. The van der Waals surface area contributed by atoms with Crippen LogP contribution in [0.15, 0.2) is 0 Å². The molecule has 4 nitrogen and oxygen atoms in total. The van der Waals surface area contributed by atoms with Gasteiger partial charge in [-0.05, 0) is 46.1 Å². The van der Waals surface area contributed by atoms with Gasteiger partial charge in [0.2, 0.25) is 5.91 Å². The largest absolute Gasteiger partial charge is 0.353 e. The fourth-order valence-electron chi connectivity index (χ4n) is 2.27. The maximum Gasteiger partial charge on any atom is 0.239 e. The van der Waals surface area contributed by atoms with Crippen LogP contribution in [0.25, 0.3) is 0 Å². The van der Waals surface area contributed by atoms with Gasteiger partial charge in [0.15, 0.2) is 0 Å². The quantitative estimate of drug-likeness (QED) is 0.828. The molecule has 0 aromatic rings. The van der Waals surface area contributed by atoms with E-state index in [2.05, 4.69) is 24.1 Å². The normalized spacial score (nSPS) is 23.2. The number of carbonyl (C=O) groups is 1. The van der Waals surface area contributed by atoms with Crippen molar-refractivity contribution < 1.29 is 4.79 Å². The van der Waals surface area contributed by atoms with Gasteiger partial charge in [-0.25, -0.2) is 0 Å². The van der Waals surface area contributed by atoms with Gasteiger partial charge in [-0.2, -0.15) is 5.26 Å². The third-order valence-corrected chi connectivity index (χ3v) is 3.72. The van der Waals surface area contributed by atoms with Crippen LogP contribution in [0, 0.1) is 22.7 Å². The second kappa shape index (κ2) is 6.19. The number of hydrogen-bond donors (Lipinski definition) is 1. The lowest BCUT2D eigenvalue weighted by Gasteiger charge is -2.35. The van der Waals surface area contributed by atoms with Crippen LogP contribution >= 0.6 is 0 Å². The summed E-state index contributed by atoms with van der Waals surface area (Å²) >= 11 is 0. The summed E-state index contributed by atoms with van der Waals surface area (Å²) in [6.07, 6.45) is 2.54. The molecule has 1 heterocycles. The van der Waals surface area contributed by atoms with Crippen molar-refractivity contribution in [1.82, 2.24) is 10.2 Å². The molecule has 1 saturated heterocycles. The topological polar surface area (TPSA) is 56.1 Å². The fraction of sp³-hybridized carbons (Fsp3) is 0.857. The van der Waals surface area contributed by atoms with Crippen molar-refractivity contribution in [3.05, 3.63) is 0 Å². The van der Waals surface area contributed by atoms with Gasteiger partial charge < -0.3 is 5.32 Å². The Hall–Kier alpha value is -1.08. The third kappa shape index (κ3) is 3.99. The lowest BCUT2D eigenvalue weighted by atomic mass is 9.94. The monoisotopic (exact) mass is 251 g/mol. The number of likely N-dealkylation sites (tertiary alicyclic amines) is 1. The van der Waals surface area contributed by atoms with Crippen LogP contribution in [0.1, 0.15) is 40.5 Å². The van der Waals surface area contributed by atoms with E-state index in [0.29, 0.717) is 12.6 Å². The Morgan fingerprint density at radius 1 is 1.61 bits per heavy atom. The van der Waals surface area contributed by atoms with E-state index in [1.54, 1.807) is 13.8 Å². The van der Waals surface area contributed by atoms with E-state index in [1.165, 1.54) is 12.8 Å². The summed E-state index contributed by atoms with van der Waals surface area (Å²) in [5, 5.41) is 11.8. The van der Waals surface area contributed by atoms with E-state index in [1.807, 2.05) is 6.07 Å². The van der Waals surface area contributed by atoms with Gasteiger partial charge in [-0.1, -0.05) is 6.92 Å². The molecular formula is C14H25N3O. The number of hydrogen-bond acceptors (Lipinski definition) is 3. The zero-order chi connectivity index (χ0) is 13.8. The minimum Gasteiger partial charge on any atom is -0.353 e. The zero-order valence-corrected chi connectivity index (χ0v) is 12.0. The first kappa shape index (κ1) is 15.0. The van der Waals surface area contributed by atoms with Crippen molar-refractivity contribution in [2.75, 3.05) is 19.6 Å². The van der Waals surface area contributed by atoms with Crippen LogP contribution in [0.2, 0.25) is 0 Å². The van der Waals surface area contributed by atoms with Crippen molar-refractivity contribution >= 4 is 5.91 Å². The van der Waals surface area contributed by atoms with E-state index in [9.17, 15) is 4.79 Å². The highest BCUT2D eigenvalue weighted by atomic mass is 16.2. The van der Waals surface area contributed by atoms with Crippen molar-refractivity contribution in [1.29, 1.82) is 5.26 Å². The molecule has 1 N–H and O–H groups in total.